The predicted molar refractivity (Wildman–Crippen MR) is 197 cm³/mol. The Morgan fingerprint density at radius 2 is 1.31 bits per heavy atom. The molecule has 0 amide bonds. The van der Waals surface area contributed by atoms with Crippen LogP contribution in [0.15, 0.2) is 4.99 Å². The third-order valence-corrected chi connectivity index (χ3v) is 14.9. The summed E-state index contributed by atoms with van der Waals surface area (Å²) in [6, 6.07) is 0. The molecule has 0 atom stereocenters. The molecular formula is C23H57N3OS9. The van der Waals surface area contributed by atoms with Gasteiger partial charge in [-0.25, -0.2) is 0 Å². The summed E-state index contributed by atoms with van der Waals surface area (Å²) in [7, 11) is 9.12. The molecule has 0 spiro atoms. The van der Waals surface area contributed by atoms with Crippen molar-refractivity contribution < 1.29 is 4.79 Å². The van der Waals surface area contributed by atoms with Crippen LogP contribution in [-0.4, -0.2) is 43.8 Å². The standard InChI is InChI=1S/C7H17NS.C7H15N.C4H11N.C3H6O.2CH4.S8/c1-3-5-6-8-7-9-4-2;1-3-5-7-8-6-4-2;1-2-3-4-5;1-2-3-4;;;1-3-5-7-8-6-4-2/h8H,3-7H2,1-2H3;6H,3-5,7H2,1-2H3;2-5H2,1H3;3H,2H2,1H3;2*1H4;. The maximum atomic E-state index is 9.17. The Morgan fingerprint density at radius 1 is 0.806 bits per heavy atom. The molecular weight excluding hydrogens is 623 g/mol. The third-order valence-electron chi connectivity index (χ3n) is 2.93. The van der Waals surface area contributed by atoms with Crippen molar-refractivity contribution in [2.45, 2.75) is 108 Å². The fourth-order valence-electron chi connectivity index (χ4n) is 1.27. The summed E-state index contributed by atoms with van der Waals surface area (Å²) in [5.74, 6) is 2.34. The van der Waals surface area contributed by atoms with Crippen molar-refractivity contribution in [2.24, 2.45) is 10.7 Å². The number of aliphatic imine (C=N–C) groups is 1. The van der Waals surface area contributed by atoms with Crippen LogP contribution in [0.3, 0.4) is 0 Å². The number of nitrogens with zero attached hydrogens (tertiary/aromatic N) is 1. The predicted octanol–water partition coefficient (Wildman–Crippen LogP) is 6.95. The van der Waals surface area contributed by atoms with Gasteiger partial charge >= 0.3 is 0 Å². The zero-order chi connectivity index (χ0) is 27.0. The van der Waals surface area contributed by atoms with E-state index in [1.54, 1.807) is 35.5 Å². The molecule has 0 aromatic heterocycles. The van der Waals surface area contributed by atoms with Gasteiger partial charge < -0.3 is 15.8 Å². The van der Waals surface area contributed by atoms with Crippen LogP contribution in [0.1, 0.15) is 108 Å². The molecule has 3 N–H and O–H groups in total. The molecule has 0 heterocycles. The maximum absolute atomic E-state index is 9.17. The van der Waals surface area contributed by atoms with Gasteiger partial charge in [0, 0.05) is 94.5 Å². The largest absolute Gasteiger partial charge is 0.330 e. The normalized spacial score (nSPS) is 8.19. The number of nitrogens with two attached hydrogens (primary N) is 1. The van der Waals surface area contributed by atoms with E-state index in [2.05, 4.69) is 67.3 Å². The lowest BCUT2D eigenvalue weighted by Crippen LogP contribution is -2.13. The Labute approximate surface area is 257 Å². The van der Waals surface area contributed by atoms with Gasteiger partial charge in [0.15, 0.2) is 0 Å². The van der Waals surface area contributed by atoms with E-state index in [4.69, 9.17) is 5.73 Å². The average molecular weight is 680 g/mol. The van der Waals surface area contributed by atoms with E-state index in [-0.39, 0.29) is 14.9 Å². The highest BCUT2D eigenvalue weighted by atomic mass is 33.4. The number of unbranched alkanes of at least 4 members (excludes halogenated alkanes) is 3. The first-order valence-corrected chi connectivity index (χ1v) is 22.2. The minimum Gasteiger partial charge on any atom is -0.330 e. The highest BCUT2D eigenvalue weighted by molar-refractivity contribution is 8.70. The summed E-state index contributed by atoms with van der Waals surface area (Å²) in [5, 5.41) is 3.35. The molecule has 13 heteroatoms. The van der Waals surface area contributed by atoms with E-state index in [9.17, 15) is 4.79 Å². The third kappa shape index (κ3) is 101. The Morgan fingerprint density at radius 3 is 1.61 bits per heavy atom. The van der Waals surface area contributed by atoms with Gasteiger partial charge in [0.05, 0.1) is 0 Å². The van der Waals surface area contributed by atoms with Crippen LogP contribution in [0.25, 0.3) is 0 Å². The van der Waals surface area contributed by atoms with Crippen molar-refractivity contribution in [2.75, 3.05) is 31.3 Å². The topological polar surface area (TPSA) is 67.5 Å². The molecule has 224 valence electrons. The van der Waals surface area contributed by atoms with E-state index in [1.165, 1.54) is 68.6 Å². The van der Waals surface area contributed by atoms with E-state index < -0.39 is 0 Å². The van der Waals surface area contributed by atoms with Crippen LogP contribution in [0, 0.1) is 0 Å². The molecule has 0 radical (unpaired) electrons. The van der Waals surface area contributed by atoms with Gasteiger partial charge in [0.1, 0.15) is 6.29 Å². The van der Waals surface area contributed by atoms with Crippen molar-refractivity contribution in [3.8, 4) is 0 Å². The molecule has 36 heavy (non-hydrogen) atoms. The van der Waals surface area contributed by atoms with Crippen LogP contribution in [0.4, 0.5) is 0 Å². The smallest absolute Gasteiger partial charge is 0.119 e. The molecule has 0 saturated heterocycles. The Hall–Kier alpha value is 1.37. The van der Waals surface area contributed by atoms with Gasteiger partial charge in [-0.05, 0) is 50.7 Å². The Kier molecular flexibility index (Phi) is 105. The summed E-state index contributed by atoms with van der Waals surface area (Å²) in [6.07, 6.45) is 12.0. The van der Waals surface area contributed by atoms with Gasteiger partial charge in [-0.15, -0.1) is 11.8 Å². The quantitative estimate of drug-likeness (QED) is 0.0951. The van der Waals surface area contributed by atoms with Crippen LogP contribution >= 0.6 is 11.8 Å². The van der Waals surface area contributed by atoms with Gasteiger partial charge in [-0.2, -0.15) is 0 Å². The lowest BCUT2D eigenvalue weighted by Gasteiger charge is -1.99. The number of hydrogen-bond donors (Lipinski definition) is 2. The average Bonchev–Trinajstić information content (AvgIpc) is 2.86. The number of carbonyl (C=O) groups is 1. The summed E-state index contributed by atoms with van der Waals surface area (Å²) in [5.41, 5.74) is 5.14. The Balaban J connectivity index is -0.0000000591. The maximum Gasteiger partial charge on any atom is 0.119 e. The molecule has 0 rings (SSSR count). The molecule has 0 aliphatic rings. The monoisotopic (exact) mass is 679 g/mol. The van der Waals surface area contributed by atoms with E-state index >= 15 is 0 Å². The second-order valence-corrected chi connectivity index (χ2v) is 17.9. The second kappa shape index (κ2) is 70.7. The van der Waals surface area contributed by atoms with Crippen LogP contribution in [-0.2, 0) is 80.5 Å². The minimum atomic E-state index is 0. The first-order chi connectivity index (χ1) is 16.6. The fraction of sp³-hybridized carbons (Fsp3) is 0.913. The van der Waals surface area contributed by atoms with Crippen molar-refractivity contribution in [3.63, 3.8) is 0 Å². The number of thioether (sulfide) groups is 1. The lowest BCUT2D eigenvalue weighted by atomic mass is 10.3. The number of carbonyl (C=O) groups excluding carboxylic acids is 1. The fourth-order valence-corrected chi connectivity index (χ4v) is 12.7. The highest BCUT2D eigenvalue weighted by Gasteiger charge is 1.83. The highest BCUT2D eigenvalue weighted by Crippen LogP contribution is 1.93. The number of hydrogen-bond acceptors (Lipinski definition) is 7. The van der Waals surface area contributed by atoms with Gasteiger partial charge in [-0.3, -0.25) is 4.99 Å². The van der Waals surface area contributed by atoms with Crippen LogP contribution < -0.4 is 11.1 Å². The Bertz CT molecular complexity index is 578. The van der Waals surface area contributed by atoms with Gasteiger partial charge in [0.2, 0.25) is 0 Å². The number of aldehydes is 1. The molecule has 0 aliphatic carbocycles. The minimum absolute atomic E-state index is 0. The van der Waals surface area contributed by atoms with Crippen molar-refractivity contribution in [1.82, 2.24) is 5.32 Å². The molecule has 0 bridgehead atoms. The molecule has 0 unspecified atom stereocenters. The number of rotatable bonds is 13. The molecule has 0 fully saturated rings. The second-order valence-electron chi connectivity index (χ2n) is 5.97. The SMILES string of the molecule is C.C.CCC=NCCCC.CCC=O.CCCCN.CCCCNCSCC.S=S=S=S=S=S=S=S. The zero-order valence-corrected chi connectivity index (χ0v) is 29.3. The summed E-state index contributed by atoms with van der Waals surface area (Å²) >= 11 is 11.2. The molecule has 0 saturated carbocycles. The van der Waals surface area contributed by atoms with Crippen molar-refractivity contribution in [3.05, 3.63) is 0 Å². The van der Waals surface area contributed by atoms with Gasteiger partial charge in [0.25, 0.3) is 0 Å². The first kappa shape index (κ1) is 53.6. The lowest BCUT2D eigenvalue weighted by molar-refractivity contribution is -0.107. The summed E-state index contributed by atoms with van der Waals surface area (Å²) in [4.78, 5) is 13.3. The molecule has 4 nitrogen and oxygen atoms in total. The molecule has 0 aromatic carbocycles. The molecule has 0 aliphatic heterocycles. The number of nitrogens with one attached hydrogen (secondary N) is 1. The van der Waals surface area contributed by atoms with Crippen LogP contribution in [0.2, 0.25) is 0 Å². The van der Waals surface area contributed by atoms with Crippen LogP contribution in [0.5, 0.6) is 0 Å². The van der Waals surface area contributed by atoms with Crippen molar-refractivity contribution >= 4 is 99.9 Å². The first-order valence-electron chi connectivity index (χ1n) is 11.7. The van der Waals surface area contributed by atoms with Gasteiger partial charge in [-0.1, -0.05) is 75.7 Å². The summed E-state index contributed by atoms with van der Waals surface area (Å²) in [6.45, 7) is 15.7. The molecule has 0 aromatic rings. The van der Waals surface area contributed by atoms with E-state index in [0.717, 1.165) is 31.7 Å². The van der Waals surface area contributed by atoms with E-state index in [1.807, 2.05) is 24.9 Å². The van der Waals surface area contributed by atoms with Crippen molar-refractivity contribution in [1.29, 1.82) is 0 Å². The summed E-state index contributed by atoms with van der Waals surface area (Å²) < 4.78 is 0. The van der Waals surface area contributed by atoms with E-state index in [0.29, 0.717) is 6.42 Å². The zero-order valence-electron chi connectivity index (χ0n) is 22.0.